The number of phenolic OH excluding ortho intramolecular Hbond substituents is 2. The zero-order chi connectivity index (χ0) is 27.9. The van der Waals surface area contributed by atoms with Crippen molar-refractivity contribution >= 4 is 40.7 Å². The fraction of sp³-hybridized carbons (Fsp3) is 0.276. The Bertz CT molecular complexity index is 1640. The Morgan fingerprint density at radius 2 is 1.75 bits per heavy atom. The number of hydrogen-bond donors (Lipinski definition) is 4. The van der Waals surface area contributed by atoms with Gasteiger partial charge >= 0.3 is 0 Å². The molecule has 40 heavy (non-hydrogen) atoms. The summed E-state index contributed by atoms with van der Waals surface area (Å²) in [6, 6.07) is 12.1. The monoisotopic (exact) mass is 561 g/mol. The third-order valence-electron chi connectivity index (χ3n) is 8.20. The number of nitrogens with zero attached hydrogens (tertiary/aromatic N) is 1. The first-order chi connectivity index (χ1) is 19.2. The van der Waals surface area contributed by atoms with E-state index >= 15 is 0 Å². The van der Waals surface area contributed by atoms with Gasteiger partial charge in [0.25, 0.3) is 0 Å². The molecule has 4 heterocycles. The predicted octanol–water partition coefficient (Wildman–Crippen LogP) is 3.00. The van der Waals surface area contributed by atoms with E-state index in [1.54, 1.807) is 30.3 Å². The number of anilines is 2. The Morgan fingerprint density at radius 1 is 0.975 bits per heavy atom. The first-order valence-electron chi connectivity index (χ1n) is 12.9. The molecule has 0 unspecified atom stereocenters. The smallest absolute Gasteiger partial charge is 0.250 e. The molecule has 4 aliphatic heterocycles. The van der Waals surface area contributed by atoms with Crippen LogP contribution in [0, 0.1) is 18.8 Å². The van der Waals surface area contributed by atoms with E-state index in [1.807, 2.05) is 13.0 Å². The summed E-state index contributed by atoms with van der Waals surface area (Å²) in [4.78, 5) is 43.3. The number of carbonyl (C=O) groups excluding carboxylic acids is 3. The molecule has 2 saturated heterocycles. The summed E-state index contributed by atoms with van der Waals surface area (Å²) in [6.07, 6.45) is 0.201. The highest BCUT2D eigenvalue weighted by molar-refractivity contribution is 6.35. The van der Waals surface area contributed by atoms with Gasteiger partial charge in [0.05, 0.1) is 28.2 Å². The van der Waals surface area contributed by atoms with Crippen LogP contribution in [0.3, 0.4) is 0 Å². The molecular formula is C29H24ClN3O7. The van der Waals surface area contributed by atoms with Crippen LogP contribution in [0.1, 0.15) is 16.7 Å². The van der Waals surface area contributed by atoms with Gasteiger partial charge in [-0.2, -0.15) is 0 Å². The number of hydrogen-bond acceptors (Lipinski definition) is 8. The second-order valence-corrected chi connectivity index (χ2v) is 11.0. The largest absolute Gasteiger partial charge is 0.504 e. The molecule has 4 N–H and O–H groups in total. The predicted molar refractivity (Wildman–Crippen MR) is 144 cm³/mol. The van der Waals surface area contributed by atoms with Crippen molar-refractivity contribution in [3.63, 3.8) is 0 Å². The van der Waals surface area contributed by atoms with Crippen LogP contribution in [0.25, 0.3) is 0 Å². The standard InChI is InChI=1S/C29H24ClN3O7/c1-13-8-16-25(17(30)9-13)31-28(38)29(16)24-23(18(32-29)10-14-2-4-19(34)20(35)11-14)26(36)33(27(24)37)15-3-5-21-22(12-15)40-7-6-39-21/h2-5,8-9,11-12,18,23-24,32,34-35H,6-7,10H2,1H3,(H,31,38)/t18-,23-,24+,29-/m1/s1. The molecule has 0 radical (unpaired) electrons. The lowest BCUT2D eigenvalue weighted by molar-refractivity contribution is -0.130. The molecule has 4 atom stereocenters. The normalized spacial score (nSPS) is 26.3. The van der Waals surface area contributed by atoms with Gasteiger partial charge < -0.3 is 25.0 Å². The molecule has 11 heteroatoms. The summed E-state index contributed by atoms with van der Waals surface area (Å²) in [5.74, 6) is -3.05. The van der Waals surface area contributed by atoms with E-state index in [2.05, 4.69) is 10.6 Å². The maximum Gasteiger partial charge on any atom is 0.250 e. The Morgan fingerprint density at radius 3 is 2.52 bits per heavy atom. The fourth-order valence-corrected chi connectivity index (χ4v) is 6.87. The molecule has 0 saturated carbocycles. The SMILES string of the molecule is Cc1cc(Cl)c2c(c1)[C@]1(N[C@H](Cc3ccc(O)c(O)c3)[C@H]3C(=O)N(c4ccc5c(c4)OCCO5)C(=O)[C@H]31)C(=O)N2. The van der Waals surface area contributed by atoms with Gasteiger partial charge in [0.1, 0.15) is 18.8 Å². The van der Waals surface area contributed by atoms with Gasteiger partial charge in [-0.15, -0.1) is 0 Å². The van der Waals surface area contributed by atoms with E-state index in [9.17, 15) is 24.6 Å². The van der Waals surface area contributed by atoms with Gasteiger partial charge in [-0.25, -0.2) is 4.90 Å². The van der Waals surface area contributed by atoms with Crippen molar-refractivity contribution in [2.75, 3.05) is 23.4 Å². The molecule has 7 rings (SSSR count). The summed E-state index contributed by atoms with van der Waals surface area (Å²) >= 11 is 6.52. The maximum atomic E-state index is 14.3. The lowest BCUT2D eigenvalue weighted by Gasteiger charge is -2.30. The molecule has 3 aromatic rings. The zero-order valence-corrected chi connectivity index (χ0v) is 22.0. The zero-order valence-electron chi connectivity index (χ0n) is 21.2. The number of aryl methyl sites for hydroxylation is 1. The number of amides is 3. The summed E-state index contributed by atoms with van der Waals surface area (Å²) in [5, 5.41) is 26.4. The number of rotatable bonds is 3. The van der Waals surface area contributed by atoms with Crippen molar-refractivity contribution in [1.29, 1.82) is 0 Å². The quantitative estimate of drug-likeness (QED) is 0.283. The number of imide groups is 1. The summed E-state index contributed by atoms with van der Waals surface area (Å²) < 4.78 is 11.3. The van der Waals surface area contributed by atoms with Crippen LogP contribution in [0.15, 0.2) is 48.5 Å². The molecule has 3 amide bonds. The number of phenols is 2. The number of nitrogens with one attached hydrogen (secondary N) is 2. The number of aromatic hydroxyl groups is 2. The Labute approximate surface area is 233 Å². The average molecular weight is 562 g/mol. The lowest BCUT2D eigenvalue weighted by atomic mass is 9.76. The van der Waals surface area contributed by atoms with Crippen molar-refractivity contribution < 1.29 is 34.1 Å². The lowest BCUT2D eigenvalue weighted by Crippen LogP contribution is -2.53. The first kappa shape index (κ1) is 24.7. The molecule has 2 fully saturated rings. The second kappa shape index (κ2) is 8.61. The number of fused-ring (bicyclic) bond motifs is 5. The molecule has 0 bridgehead atoms. The Kier molecular flexibility index (Phi) is 5.32. The third-order valence-corrected chi connectivity index (χ3v) is 8.50. The van der Waals surface area contributed by atoms with Crippen LogP contribution < -0.4 is 25.0 Å². The van der Waals surface area contributed by atoms with E-state index in [-0.39, 0.29) is 17.9 Å². The highest BCUT2D eigenvalue weighted by Crippen LogP contribution is 2.55. The molecule has 204 valence electrons. The van der Waals surface area contributed by atoms with Gasteiger partial charge in [0, 0.05) is 17.7 Å². The van der Waals surface area contributed by atoms with Crippen LogP contribution in [-0.2, 0) is 26.3 Å². The number of halogens is 1. The number of benzene rings is 3. The van der Waals surface area contributed by atoms with Crippen molar-refractivity contribution in [2.45, 2.75) is 24.9 Å². The maximum absolute atomic E-state index is 14.3. The van der Waals surface area contributed by atoms with Crippen molar-refractivity contribution in [3.8, 4) is 23.0 Å². The minimum Gasteiger partial charge on any atom is -0.504 e. The van der Waals surface area contributed by atoms with Crippen LogP contribution in [0.5, 0.6) is 23.0 Å². The van der Waals surface area contributed by atoms with Crippen LogP contribution in [0.2, 0.25) is 5.02 Å². The van der Waals surface area contributed by atoms with Gasteiger partial charge in [-0.3, -0.25) is 19.7 Å². The summed E-state index contributed by atoms with van der Waals surface area (Å²) in [6.45, 7) is 2.58. The van der Waals surface area contributed by atoms with Gasteiger partial charge in [0.15, 0.2) is 23.0 Å². The van der Waals surface area contributed by atoms with E-state index in [4.69, 9.17) is 21.1 Å². The highest BCUT2D eigenvalue weighted by Gasteiger charge is 2.70. The van der Waals surface area contributed by atoms with Crippen molar-refractivity contribution in [1.82, 2.24) is 5.32 Å². The number of carbonyl (C=O) groups is 3. The molecular weight excluding hydrogens is 538 g/mol. The second-order valence-electron chi connectivity index (χ2n) is 10.6. The number of ether oxygens (including phenoxy) is 2. The Hall–Kier alpha value is -4.28. The van der Waals surface area contributed by atoms with E-state index in [0.717, 1.165) is 10.5 Å². The van der Waals surface area contributed by atoms with E-state index in [1.165, 1.54) is 12.1 Å². The van der Waals surface area contributed by atoms with Gasteiger partial charge in [0.2, 0.25) is 17.7 Å². The molecule has 0 aliphatic carbocycles. The van der Waals surface area contributed by atoms with Crippen LogP contribution >= 0.6 is 11.6 Å². The molecule has 3 aromatic carbocycles. The topological polar surface area (TPSA) is 137 Å². The minimum absolute atomic E-state index is 0.201. The molecule has 4 aliphatic rings. The van der Waals surface area contributed by atoms with E-state index in [0.29, 0.717) is 52.2 Å². The van der Waals surface area contributed by atoms with Crippen LogP contribution in [0.4, 0.5) is 11.4 Å². The van der Waals surface area contributed by atoms with Gasteiger partial charge in [-0.05, 0) is 54.8 Å². The van der Waals surface area contributed by atoms with Crippen molar-refractivity contribution in [3.05, 3.63) is 70.2 Å². The Balaban J connectivity index is 1.37. The average Bonchev–Trinajstić information content (AvgIpc) is 3.50. The molecule has 10 nitrogen and oxygen atoms in total. The molecule has 0 aromatic heterocycles. The van der Waals surface area contributed by atoms with Crippen LogP contribution in [-0.4, -0.2) is 47.2 Å². The first-order valence-corrected chi connectivity index (χ1v) is 13.2. The molecule has 1 spiro atoms. The summed E-state index contributed by atoms with van der Waals surface area (Å²) in [7, 11) is 0. The highest BCUT2D eigenvalue weighted by atomic mass is 35.5. The van der Waals surface area contributed by atoms with E-state index < -0.39 is 41.1 Å². The third kappa shape index (κ3) is 3.36. The summed E-state index contributed by atoms with van der Waals surface area (Å²) in [5.41, 5.74) is 1.11. The van der Waals surface area contributed by atoms with Crippen molar-refractivity contribution in [2.24, 2.45) is 11.8 Å². The fourth-order valence-electron chi connectivity index (χ4n) is 6.54. The van der Waals surface area contributed by atoms with Gasteiger partial charge in [-0.1, -0.05) is 23.7 Å². The minimum atomic E-state index is -1.55.